The van der Waals surface area contributed by atoms with E-state index in [9.17, 15) is 45.6 Å². The molecular formula is C72H135NO13. The second-order valence-corrected chi connectivity index (χ2v) is 25.7. The molecule has 12 unspecified atom stereocenters. The Bertz CT molecular complexity index is 1580. The van der Waals surface area contributed by atoms with E-state index >= 15 is 0 Å². The number of unbranched alkanes of at least 4 members (excludes halogenated alkanes) is 43. The highest BCUT2D eigenvalue weighted by Crippen LogP contribution is 2.30. The van der Waals surface area contributed by atoms with Crippen molar-refractivity contribution in [3.8, 4) is 0 Å². The fourth-order valence-electron chi connectivity index (χ4n) is 12.0. The first-order valence-corrected chi connectivity index (χ1v) is 36.2. The van der Waals surface area contributed by atoms with Crippen LogP contribution in [-0.4, -0.2) is 140 Å². The molecule has 0 aliphatic carbocycles. The molecule has 12 atom stereocenters. The van der Waals surface area contributed by atoms with Crippen molar-refractivity contribution >= 4 is 5.91 Å². The second kappa shape index (κ2) is 57.1. The Balaban J connectivity index is 1.66. The Kier molecular flexibility index (Phi) is 53.4. The minimum Gasteiger partial charge on any atom is -0.394 e. The molecule has 14 heteroatoms. The van der Waals surface area contributed by atoms with E-state index in [-0.39, 0.29) is 18.9 Å². The van der Waals surface area contributed by atoms with Gasteiger partial charge in [0.15, 0.2) is 12.6 Å². The maximum Gasteiger partial charge on any atom is 0.220 e. The molecule has 0 saturated carbocycles. The number of amides is 1. The number of allylic oxidation sites excluding steroid dienone is 5. The number of nitrogens with one attached hydrogen (secondary N) is 1. The number of rotatable bonds is 60. The van der Waals surface area contributed by atoms with Gasteiger partial charge in [0.1, 0.15) is 48.8 Å². The lowest BCUT2D eigenvalue weighted by molar-refractivity contribution is -0.359. The van der Waals surface area contributed by atoms with Gasteiger partial charge in [0.05, 0.1) is 32.0 Å². The van der Waals surface area contributed by atoms with Crippen molar-refractivity contribution in [3.05, 3.63) is 36.5 Å². The lowest BCUT2D eigenvalue weighted by Gasteiger charge is -2.46. The van der Waals surface area contributed by atoms with Crippen LogP contribution >= 0.6 is 0 Å². The van der Waals surface area contributed by atoms with Crippen LogP contribution in [0.25, 0.3) is 0 Å². The number of hydrogen-bond acceptors (Lipinski definition) is 13. The van der Waals surface area contributed by atoms with Crippen LogP contribution in [0, 0.1) is 0 Å². The Morgan fingerprint density at radius 2 is 0.767 bits per heavy atom. The van der Waals surface area contributed by atoms with Gasteiger partial charge in [0.25, 0.3) is 0 Å². The molecule has 1 amide bonds. The van der Waals surface area contributed by atoms with Crippen molar-refractivity contribution in [2.75, 3.05) is 19.8 Å². The molecule has 2 rings (SSSR count). The van der Waals surface area contributed by atoms with E-state index in [4.69, 9.17) is 18.9 Å². The maximum atomic E-state index is 13.3. The fraction of sp³-hybridized carbons (Fsp3) is 0.903. The summed E-state index contributed by atoms with van der Waals surface area (Å²) in [5.41, 5.74) is 0. The van der Waals surface area contributed by atoms with Crippen molar-refractivity contribution < 1.29 is 64.6 Å². The summed E-state index contributed by atoms with van der Waals surface area (Å²) in [7, 11) is 0. The SMILES string of the molecule is CCCCCCC/C=C\C/C=C\CCCCCCCCCCCC(=O)NC(COC1OC(CO)C(OC2OC(CO)C(O)C(O)C2O)C(O)C1O)C(O)/C=C/CCCCCCCCCCCCCCCCCCCCCCCCCCCCCCC. The summed E-state index contributed by atoms with van der Waals surface area (Å²) in [6.07, 6.45) is 56.3. The quantitative estimate of drug-likeness (QED) is 0.0204. The number of ether oxygens (including phenoxy) is 4. The molecule has 2 aliphatic rings. The first-order chi connectivity index (χ1) is 42.1. The molecule has 14 nitrogen and oxygen atoms in total. The average Bonchev–Trinajstić information content (AvgIpc) is 2.54. The van der Waals surface area contributed by atoms with Gasteiger partial charge in [0, 0.05) is 6.42 Å². The van der Waals surface area contributed by atoms with Gasteiger partial charge < -0.3 is 65.1 Å². The van der Waals surface area contributed by atoms with Gasteiger partial charge in [-0.15, -0.1) is 0 Å². The Morgan fingerprint density at radius 3 is 1.16 bits per heavy atom. The minimum absolute atomic E-state index is 0.240. The summed E-state index contributed by atoms with van der Waals surface area (Å²) in [4.78, 5) is 13.3. The molecule has 2 fully saturated rings. The molecular weight excluding hydrogens is 1090 g/mol. The largest absolute Gasteiger partial charge is 0.394 e. The van der Waals surface area contributed by atoms with Gasteiger partial charge in [-0.05, 0) is 51.4 Å². The Labute approximate surface area is 525 Å². The van der Waals surface area contributed by atoms with Crippen molar-refractivity contribution in [2.45, 2.75) is 396 Å². The predicted molar refractivity (Wildman–Crippen MR) is 351 cm³/mol. The zero-order valence-corrected chi connectivity index (χ0v) is 55.1. The molecule has 0 radical (unpaired) electrons. The highest BCUT2D eigenvalue weighted by molar-refractivity contribution is 5.76. The summed E-state index contributed by atoms with van der Waals surface area (Å²) in [6.45, 7) is 2.83. The summed E-state index contributed by atoms with van der Waals surface area (Å²) in [5.74, 6) is -0.240. The number of carbonyl (C=O) groups excluding carboxylic acids is 1. The first kappa shape index (κ1) is 80.3. The molecule has 86 heavy (non-hydrogen) atoms. The van der Waals surface area contributed by atoms with Crippen molar-refractivity contribution in [1.29, 1.82) is 0 Å². The standard InChI is InChI=1S/C72H135NO13/c1-3-5-7-9-11-13-15-17-19-21-23-25-26-27-28-29-30-31-32-33-34-36-37-39-41-43-45-47-49-51-53-55-61(76)60(59-83-71-69(82)67(80)70(63(58-75)85-71)86-72-68(81)66(79)65(78)62(57-74)84-72)73-64(77)56-54-52-50-48-46-44-42-40-38-35-24-22-20-18-16-14-12-10-8-6-4-2/h16,18,22,24,53,55,60-63,65-72,74-76,78-82H,3-15,17,19-21,23,25-52,54,56-59H2,1-2H3,(H,73,77)/b18-16-,24-22-,55-53+. The van der Waals surface area contributed by atoms with Gasteiger partial charge in [-0.1, -0.05) is 301 Å². The molecule has 2 saturated heterocycles. The molecule has 506 valence electrons. The first-order valence-electron chi connectivity index (χ1n) is 36.2. The lowest BCUT2D eigenvalue weighted by atomic mass is 9.97. The molecule has 0 bridgehead atoms. The fourth-order valence-corrected chi connectivity index (χ4v) is 12.0. The van der Waals surface area contributed by atoms with Crippen molar-refractivity contribution in [1.82, 2.24) is 5.32 Å². The molecule has 0 aromatic rings. The van der Waals surface area contributed by atoms with Crippen LogP contribution in [0.4, 0.5) is 0 Å². The summed E-state index contributed by atoms with van der Waals surface area (Å²) in [6, 6.07) is -0.918. The second-order valence-electron chi connectivity index (χ2n) is 25.7. The maximum absolute atomic E-state index is 13.3. The van der Waals surface area contributed by atoms with Crippen LogP contribution in [0.5, 0.6) is 0 Å². The van der Waals surface area contributed by atoms with Gasteiger partial charge in [-0.25, -0.2) is 0 Å². The van der Waals surface area contributed by atoms with E-state index in [1.54, 1.807) is 6.08 Å². The number of aliphatic hydroxyl groups excluding tert-OH is 8. The lowest BCUT2D eigenvalue weighted by Crippen LogP contribution is -2.65. The Hall–Kier alpha value is -1.79. The molecule has 0 aromatic heterocycles. The average molecular weight is 1220 g/mol. The molecule has 2 heterocycles. The summed E-state index contributed by atoms with van der Waals surface area (Å²) in [5, 5.41) is 87.5. The summed E-state index contributed by atoms with van der Waals surface area (Å²) >= 11 is 0. The van der Waals surface area contributed by atoms with E-state index in [0.717, 1.165) is 51.4 Å². The highest BCUT2D eigenvalue weighted by atomic mass is 16.7. The third kappa shape index (κ3) is 40.8. The number of hydrogen-bond donors (Lipinski definition) is 9. The topological polar surface area (TPSA) is 228 Å². The van der Waals surface area contributed by atoms with Crippen LogP contribution in [0.1, 0.15) is 322 Å². The van der Waals surface area contributed by atoms with Crippen LogP contribution in [0.15, 0.2) is 36.5 Å². The smallest absolute Gasteiger partial charge is 0.220 e. The predicted octanol–water partition coefficient (Wildman–Crippen LogP) is 14.9. The van der Waals surface area contributed by atoms with Gasteiger partial charge >= 0.3 is 0 Å². The highest BCUT2D eigenvalue weighted by Gasteiger charge is 2.51. The van der Waals surface area contributed by atoms with Gasteiger partial charge in [-0.3, -0.25) is 4.79 Å². The van der Waals surface area contributed by atoms with Crippen molar-refractivity contribution in [3.63, 3.8) is 0 Å². The zero-order valence-electron chi connectivity index (χ0n) is 55.1. The van der Waals surface area contributed by atoms with Crippen LogP contribution in [-0.2, 0) is 23.7 Å². The van der Waals surface area contributed by atoms with E-state index in [1.807, 2.05) is 6.08 Å². The van der Waals surface area contributed by atoms with Crippen LogP contribution in [0.3, 0.4) is 0 Å². The van der Waals surface area contributed by atoms with E-state index in [0.29, 0.717) is 6.42 Å². The van der Waals surface area contributed by atoms with Gasteiger partial charge in [-0.2, -0.15) is 0 Å². The summed E-state index contributed by atoms with van der Waals surface area (Å²) < 4.78 is 22.9. The van der Waals surface area contributed by atoms with E-state index in [2.05, 4.69) is 43.5 Å². The normalized spacial score (nSPS) is 23.6. The van der Waals surface area contributed by atoms with E-state index in [1.165, 1.54) is 244 Å². The number of carbonyl (C=O) groups is 1. The number of aliphatic hydroxyl groups is 8. The molecule has 2 aliphatic heterocycles. The van der Waals surface area contributed by atoms with Crippen LogP contribution < -0.4 is 5.32 Å². The molecule has 9 N–H and O–H groups in total. The molecule has 0 aromatic carbocycles. The van der Waals surface area contributed by atoms with Gasteiger partial charge in [0.2, 0.25) is 5.91 Å². The minimum atomic E-state index is -1.79. The third-order valence-corrected chi connectivity index (χ3v) is 17.8. The Morgan fingerprint density at radius 1 is 0.419 bits per heavy atom. The van der Waals surface area contributed by atoms with E-state index < -0.39 is 86.8 Å². The zero-order chi connectivity index (χ0) is 62.3. The molecule has 0 spiro atoms. The monoisotopic (exact) mass is 1220 g/mol. The van der Waals surface area contributed by atoms with Crippen LogP contribution in [0.2, 0.25) is 0 Å². The van der Waals surface area contributed by atoms with Crippen molar-refractivity contribution in [2.24, 2.45) is 0 Å². The third-order valence-electron chi connectivity index (χ3n) is 17.8.